The third-order valence-electron chi connectivity index (χ3n) is 5.40. The fourth-order valence-electron chi connectivity index (χ4n) is 3.96. The Morgan fingerprint density at radius 3 is 2.77 bits per heavy atom. The van der Waals surface area contributed by atoms with Gasteiger partial charge in [0, 0.05) is 29.4 Å². The summed E-state index contributed by atoms with van der Waals surface area (Å²) >= 11 is 0. The highest BCUT2D eigenvalue weighted by atomic mass is 16.5. The second-order valence-electron chi connectivity index (χ2n) is 7.50. The Hall–Kier alpha value is -3.74. The average Bonchev–Trinajstić information content (AvgIpc) is 3.45. The number of nitrogens with one attached hydrogen (secondary N) is 1. The number of nitrogens with zero attached hydrogens (tertiary/aromatic N) is 4. The van der Waals surface area contributed by atoms with E-state index < -0.39 is 0 Å². The molecule has 1 amide bonds. The van der Waals surface area contributed by atoms with Crippen LogP contribution in [0.1, 0.15) is 39.6 Å². The molecule has 0 fully saturated rings. The van der Waals surface area contributed by atoms with Crippen LogP contribution in [0.15, 0.2) is 53.1 Å². The lowest BCUT2D eigenvalue weighted by Gasteiger charge is -2.08. The summed E-state index contributed by atoms with van der Waals surface area (Å²) < 4.78 is 6.99. The quantitative estimate of drug-likeness (QED) is 0.554. The molecule has 0 aliphatic heterocycles. The number of carbonyl (C=O) groups is 1. The first-order chi connectivity index (χ1) is 14.6. The molecule has 2 aromatic heterocycles. The Morgan fingerprint density at radius 2 is 1.97 bits per heavy atom. The van der Waals surface area contributed by atoms with Crippen LogP contribution in [0.5, 0.6) is 0 Å². The summed E-state index contributed by atoms with van der Waals surface area (Å²) in [5.74, 6) is 0.784. The molecule has 0 unspecified atom stereocenters. The SMILES string of the molecule is Cc1nc(-c2cccc(NC(=O)c3nn(-c4ccccc4C)c4c3CCC4)c2)no1. The predicted octanol–water partition coefficient (Wildman–Crippen LogP) is 4.28. The molecule has 0 bridgehead atoms. The molecular weight excluding hydrogens is 378 g/mol. The first-order valence-corrected chi connectivity index (χ1v) is 9.99. The molecule has 4 aromatic rings. The van der Waals surface area contributed by atoms with Gasteiger partial charge in [0.05, 0.1) is 5.69 Å². The maximum Gasteiger partial charge on any atom is 0.276 e. The highest BCUT2D eigenvalue weighted by molar-refractivity contribution is 6.04. The van der Waals surface area contributed by atoms with Crippen LogP contribution in [0, 0.1) is 13.8 Å². The number of anilines is 1. The number of rotatable bonds is 4. The lowest BCUT2D eigenvalue weighted by molar-refractivity contribution is 0.102. The molecule has 150 valence electrons. The maximum atomic E-state index is 13.1. The van der Waals surface area contributed by atoms with E-state index in [-0.39, 0.29) is 5.91 Å². The van der Waals surface area contributed by atoms with Crippen LogP contribution in [-0.2, 0) is 12.8 Å². The topological polar surface area (TPSA) is 85.8 Å². The molecule has 0 spiro atoms. The van der Waals surface area contributed by atoms with E-state index >= 15 is 0 Å². The minimum atomic E-state index is -0.207. The van der Waals surface area contributed by atoms with Crippen molar-refractivity contribution in [2.24, 2.45) is 0 Å². The zero-order valence-corrected chi connectivity index (χ0v) is 16.8. The van der Waals surface area contributed by atoms with Gasteiger partial charge in [-0.3, -0.25) is 4.79 Å². The van der Waals surface area contributed by atoms with Crippen LogP contribution in [0.2, 0.25) is 0 Å². The number of hydrogen-bond donors (Lipinski definition) is 1. The highest BCUT2D eigenvalue weighted by Gasteiger charge is 2.27. The predicted molar refractivity (Wildman–Crippen MR) is 113 cm³/mol. The van der Waals surface area contributed by atoms with Gasteiger partial charge in [-0.15, -0.1) is 0 Å². The van der Waals surface area contributed by atoms with Gasteiger partial charge in [-0.2, -0.15) is 10.1 Å². The third-order valence-corrected chi connectivity index (χ3v) is 5.40. The van der Waals surface area contributed by atoms with Gasteiger partial charge >= 0.3 is 0 Å². The first kappa shape index (κ1) is 18.3. The summed E-state index contributed by atoms with van der Waals surface area (Å²) in [5.41, 5.74) is 6.25. The summed E-state index contributed by atoms with van der Waals surface area (Å²) in [6, 6.07) is 15.5. The second kappa shape index (κ2) is 7.26. The van der Waals surface area contributed by atoms with Crippen LogP contribution in [0.4, 0.5) is 5.69 Å². The lowest BCUT2D eigenvalue weighted by Crippen LogP contribution is -2.15. The largest absolute Gasteiger partial charge is 0.339 e. The van der Waals surface area contributed by atoms with Gasteiger partial charge in [0.15, 0.2) is 5.69 Å². The number of para-hydroxylation sites is 1. The van der Waals surface area contributed by atoms with E-state index in [1.54, 1.807) is 6.92 Å². The fraction of sp³-hybridized carbons (Fsp3) is 0.217. The molecule has 1 N–H and O–H groups in total. The minimum Gasteiger partial charge on any atom is -0.339 e. The van der Waals surface area contributed by atoms with E-state index in [2.05, 4.69) is 28.4 Å². The van der Waals surface area contributed by atoms with Crippen LogP contribution >= 0.6 is 0 Å². The Morgan fingerprint density at radius 1 is 1.10 bits per heavy atom. The van der Waals surface area contributed by atoms with Crippen LogP contribution < -0.4 is 5.32 Å². The monoisotopic (exact) mass is 399 g/mol. The molecule has 0 atom stereocenters. The molecule has 2 heterocycles. The van der Waals surface area contributed by atoms with Crippen molar-refractivity contribution in [3.63, 3.8) is 0 Å². The zero-order valence-electron chi connectivity index (χ0n) is 16.8. The molecule has 0 radical (unpaired) electrons. The Labute approximate surface area is 173 Å². The van der Waals surface area contributed by atoms with Crippen molar-refractivity contribution in [2.45, 2.75) is 33.1 Å². The van der Waals surface area contributed by atoms with E-state index in [0.29, 0.717) is 23.1 Å². The van der Waals surface area contributed by atoms with E-state index in [1.165, 1.54) is 0 Å². The van der Waals surface area contributed by atoms with Gasteiger partial charge < -0.3 is 9.84 Å². The number of carbonyl (C=O) groups excluding carboxylic acids is 1. The smallest absolute Gasteiger partial charge is 0.276 e. The normalized spacial score (nSPS) is 12.7. The number of aryl methyl sites for hydroxylation is 2. The molecule has 7 heteroatoms. The average molecular weight is 399 g/mol. The number of hydrogen-bond acceptors (Lipinski definition) is 5. The summed E-state index contributed by atoms with van der Waals surface area (Å²) in [7, 11) is 0. The molecule has 1 aliphatic carbocycles. The van der Waals surface area contributed by atoms with E-state index in [9.17, 15) is 4.79 Å². The van der Waals surface area contributed by atoms with Crippen molar-refractivity contribution in [3.05, 3.63) is 76.9 Å². The minimum absolute atomic E-state index is 0.207. The lowest BCUT2D eigenvalue weighted by atomic mass is 10.1. The molecule has 1 aliphatic rings. The number of amides is 1. The summed E-state index contributed by atoms with van der Waals surface area (Å²) in [6.07, 6.45) is 2.83. The van der Waals surface area contributed by atoms with E-state index in [0.717, 1.165) is 47.3 Å². The number of aromatic nitrogens is 4. The summed E-state index contributed by atoms with van der Waals surface area (Å²) in [5, 5.41) is 11.6. The number of benzene rings is 2. The maximum absolute atomic E-state index is 13.1. The second-order valence-corrected chi connectivity index (χ2v) is 7.50. The molecular formula is C23H21N5O2. The molecule has 5 rings (SSSR count). The van der Waals surface area contributed by atoms with Gasteiger partial charge in [0.25, 0.3) is 5.91 Å². The van der Waals surface area contributed by atoms with Crippen molar-refractivity contribution >= 4 is 11.6 Å². The molecule has 7 nitrogen and oxygen atoms in total. The van der Waals surface area contributed by atoms with Crippen molar-refractivity contribution in [1.82, 2.24) is 19.9 Å². The Kier molecular flexibility index (Phi) is 4.43. The molecule has 30 heavy (non-hydrogen) atoms. The van der Waals surface area contributed by atoms with Crippen molar-refractivity contribution in [1.29, 1.82) is 0 Å². The van der Waals surface area contributed by atoms with Crippen molar-refractivity contribution in [3.8, 4) is 17.1 Å². The van der Waals surface area contributed by atoms with Crippen LogP contribution in [-0.4, -0.2) is 25.8 Å². The molecule has 0 saturated heterocycles. The van der Waals surface area contributed by atoms with Gasteiger partial charge in [0.1, 0.15) is 0 Å². The summed E-state index contributed by atoms with van der Waals surface area (Å²) in [4.78, 5) is 17.4. The van der Waals surface area contributed by atoms with Crippen LogP contribution in [0.25, 0.3) is 17.1 Å². The first-order valence-electron chi connectivity index (χ1n) is 9.99. The van der Waals surface area contributed by atoms with Gasteiger partial charge in [0.2, 0.25) is 11.7 Å². The Bertz CT molecular complexity index is 1250. The van der Waals surface area contributed by atoms with Crippen molar-refractivity contribution < 1.29 is 9.32 Å². The third kappa shape index (κ3) is 3.18. The Balaban J connectivity index is 1.47. The zero-order chi connectivity index (χ0) is 20.7. The van der Waals surface area contributed by atoms with Gasteiger partial charge in [-0.05, 0) is 49.9 Å². The molecule has 2 aromatic carbocycles. The van der Waals surface area contributed by atoms with Crippen molar-refractivity contribution in [2.75, 3.05) is 5.32 Å². The molecule has 0 saturated carbocycles. The standard InChI is InChI=1S/C23H21N5O2/c1-14-7-3-4-11-19(14)28-20-12-6-10-18(20)21(26-28)23(29)25-17-9-5-8-16(13-17)22-24-15(2)30-27-22/h3-5,7-9,11,13H,6,10,12H2,1-2H3,(H,25,29). The fourth-order valence-corrected chi connectivity index (χ4v) is 3.96. The number of fused-ring (bicyclic) bond motifs is 1. The van der Waals surface area contributed by atoms with Crippen LogP contribution in [0.3, 0.4) is 0 Å². The van der Waals surface area contributed by atoms with E-state index in [4.69, 9.17) is 9.62 Å². The highest BCUT2D eigenvalue weighted by Crippen LogP contribution is 2.29. The van der Waals surface area contributed by atoms with E-state index in [1.807, 2.05) is 47.1 Å². The van der Waals surface area contributed by atoms with Gasteiger partial charge in [-0.25, -0.2) is 4.68 Å². The summed E-state index contributed by atoms with van der Waals surface area (Å²) in [6.45, 7) is 3.80. The van der Waals surface area contributed by atoms with Gasteiger partial charge in [-0.1, -0.05) is 35.5 Å².